The van der Waals surface area contributed by atoms with Crippen LogP contribution in [0.25, 0.3) is 85.4 Å². The van der Waals surface area contributed by atoms with Gasteiger partial charge < -0.3 is 32.5 Å². The van der Waals surface area contributed by atoms with Crippen LogP contribution in [0.5, 0.6) is 0 Å². The highest BCUT2D eigenvalue weighted by molar-refractivity contribution is 6.11. The molecule has 11 aromatic rings. The lowest BCUT2D eigenvalue weighted by Crippen LogP contribution is -2.07. The quantitative estimate of drug-likeness (QED) is 0.0455. The third-order valence-corrected chi connectivity index (χ3v) is 16.6. The topological polar surface area (TPSA) is 219 Å². The van der Waals surface area contributed by atoms with E-state index in [0.29, 0.717) is 34.1 Å². The molecule has 13 rings (SSSR count). The van der Waals surface area contributed by atoms with E-state index in [2.05, 4.69) is 64.1 Å². The predicted molar refractivity (Wildman–Crippen MR) is 373 cm³/mol. The van der Waals surface area contributed by atoms with E-state index in [4.69, 9.17) is 32.9 Å². The number of carbonyl (C=O) groups is 4. The number of rotatable bonds is 20. The van der Waals surface area contributed by atoms with Crippen molar-refractivity contribution < 1.29 is 19.2 Å². The standard InChI is InChI=1S/C80H66N8O4/c81-61-9-1-5-54(35-61)43-71(89)39-50-13-21-58(22-14-50)77-75-34-31-68(87-75)48-67-28-27-65(85-67)47-66-29-30-69(86-66)49-76-78(59-23-15-51(16-24-59)40-72(90)44-55-6-2-10-62(82)36-55)79(60-25-17-52(18-26-60)41-73(91)45-56-7-3-11-63(83)37-56)80(77)88(76)70-32-19-53(20-33-70)42-74(92)46-57-8-4-12-64(84)38-57/h1-38,47-49,85H,39-46,81-84H2. The summed E-state index contributed by atoms with van der Waals surface area (Å²) in [5.74, 6) is 0.201. The third-order valence-electron chi connectivity index (χ3n) is 16.6. The van der Waals surface area contributed by atoms with Crippen molar-refractivity contribution in [1.29, 1.82) is 0 Å². The van der Waals surface area contributed by atoms with Gasteiger partial charge in [0.1, 0.15) is 23.1 Å². The summed E-state index contributed by atoms with van der Waals surface area (Å²) in [6.07, 6.45) is 9.86. The molecule has 0 unspecified atom stereocenters. The van der Waals surface area contributed by atoms with Gasteiger partial charge in [0.05, 0.1) is 33.8 Å². The summed E-state index contributed by atoms with van der Waals surface area (Å²) >= 11 is 0. The highest BCUT2D eigenvalue weighted by Crippen LogP contribution is 2.48. The Labute approximate surface area is 533 Å². The van der Waals surface area contributed by atoms with Crippen molar-refractivity contribution in [2.24, 2.45) is 0 Å². The monoisotopic (exact) mass is 1200 g/mol. The Morgan fingerprint density at radius 3 is 1.07 bits per heavy atom. The highest BCUT2D eigenvalue weighted by Gasteiger charge is 2.27. The van der Waals surface area contributed by atoms with Gasteiger partial charge >= 0.3 is 0 Å². The van der Waals surface area contributed by atoms with Crippen molar-refractivity contribution >= 4 is 92.3 Å². The van der Waals surface area contributed by atoms with E-state index in [9.17, 15) is 19.2 Å². The molecule has 0 amide bonds. The van der Waals surface area contributed by atoms with Gasteiger partial charge in [0.2, 0.25) is 0 Å². The fraction of sp³-hybridized carbons (Fsp3) is 0.100. The zero-order valence-electron chi connectivity index (χ0n) is 50.6. The number of hydrogen-bond donors (Lipinski definition) is 5. The number of anilines is 4. The fourth-order valence-electron chi connectivity index (χ4n) is 12.4. The number of aromatic nitrogens is 4. The summed E-state index contributed by atoms with van der Waals surface area (Å²) in [6.45, 7) is 0. The molecule has 450 valence electrons. The van der Waals surface area contributed by atoms with Crippen molar-refractivity contribution in [3.63, 3.8) is 0 Å². The lowest BCUT2D eigenvalue weighted by Gasteiger charge is -2.15. The van der Waals surface area contributed by atoms with Crippen LogP contribution < -0.4 is 22.9 Å². The van der Waals surface area contributed by atoms with Crippen LogP contribution >= 0.6 is 0 Å². The Morgan fingerprint density at radius 1 is 0.326 bits per heavy atom. The molecule has 0 atom stereocenters. The Balaban J connectivity index is 1.06. The number of nitrogens with two attached hydrogens (primary N) is 4. The Hall–Kier alpha value is -11.8. The van der Waals surface area contributed by atoms with Crippen LogP contribution in [0.2, 0.25) is 0 Å². The van der Waals surface area contributed by atoms with Gasteiger partial charge in [0, 0.05) is 108 Å². The second-order valence-corrected chi connectivity index (χ2v) is 23.9. The minimum Gasteiger partial charge on any atom is -0.399 e. The van der Waals surface area contributed by atoms with Crippen molar-refractivity contribution in [3.8, 4) is 39.1 Å². The average Bonchev–Trinajstić information content (AvgIpc) is 1.56. The van der Waals surface area contributed by atoms with Gasteiger partial charge in [-0.15, -0.1) is 0 Å². The highest BCUT2D eigenvalue weighted by atomic mass is 16.1. The van der Waals surface area contributed by atoms with Gasteiger partial charge in [0.15, 0.2) is 0 Å². The summed E-state index contributed by atoms with van der Waals surface area (Å²) in [5.41, 5.74) is 45.7. The first kappa shape index (κ1) is 59.2. The minimum atomic E-state index is 0.0482. The molecule has 0 saturated heterocycles. The average molecular weight is 1200 g/mol. The number of nitrogens with zero attached hydrogens (tertiary/aromatic N) is 3. The van der Waals surface area contributed by atoms with E-state index in [0.717, 1.165) is 117 Å². The van der Waals surface area contributed by atoms with E-state index in [1.165, 1.54) is 0 Å². The second kappa shape index (κ2) is 26.1. The largest absolute Gasteiger partial charge is 0.399 e. The molecule has 12 heteroatoms. The number of ketones is 4. The molecule has 0 fully saturated rings. The number of aromatic amines is 1. The number of nitrogen functional groups attached to an aromatic ring is 4. The van der Waals surface area contributed by atoms with E-state index in [1.54, 1.807) is 0 Å². The van der Waals surface area contributed by atoms with E-state index < -0.39 is 0 Å². The SMILES string of the molecule is Nc1cccc(CC(=O)Cc2ccc(-c3c(-c4ccc(CC(=O)Cc5cccc(N)c5)cc4)c4c(-c5ccc(CC(=O)Cc6cccc(N)c6)cc5)c5nc(cc6ccc(cc7nc(cc3n4-c3ccc(CC(=O)Cc4cccc(N)c4)cc3)C=C7)[nH]6)C=C5)cc2)c1. The molecular weight excluding hydrogens is 1140 g/mol. The normalized spacial score (nSPS) is 11.7. The maximum absolute atomic E-state index is 13.8. The fourth-order valence-corrected chi connectivity index (χ4v) is 12.4. The molecule has 12 nitrogen and oxygen atoms in total. The Kier molecular flexibility index (Phi) is 16.8. The summed E-state index contributed by atoms with van der Waals surface area (Å²) in [5, 5.41) is 0. The Bertz CT molecular complexity index is 4920. The summed E-state index contributed by atoms with van der Waals surface area (Å²) in [6, 6.07) is 72.7. The van der Waals surface area contributed by atoms with Crippen molar-refractivity contribution in [2.75, 3.05) is 22.9 Å². The molecule has 2 aliphatic heterocycles. The number of H-pyrrole nitrogens is 1. The summed E-state index contributed by atoms with van der Waals surface area (Å²) < 4.78 is 2.27. The summed E-state index contributed by atoms with van der Waals surface area (Å²) in [4.78, 5) is 69.5. The first-order chi connectivity index (χ1) is 44.7. The predicted octanol–water partition coefficient (Wildman–Crippen LogP) is 14.9. The molecule has 9 N–H and O–H groups in total. The Morgan fingerprint density at radius 2 is 0.663 bits per heavy atom. The number of nitrogens with one attached hydrogen (secondary N) is 1. The molecule has 3 aromatic heterocycles. The van der Waals surface area contributed by atoms with Gasteiger partial charge in [-0.1, -0.05) is 133 Å². The van der Waals surface area contributed by atoms with Crippen LogP contribution in [0.3, 0.4) is 0 Å². The van der Waals surface area contributed by atoms with Crippen LogP contribution in [-0.4, -0.2) is 42.7 Å². The molecule has 0 aliphatic carbocycles. The third kappa shape index (κ3) is 13.9. The lowest BCUT2D eigenvalue weighted by atomic mass is 9.91. The number of benzene rings is 8. The maximum Gasteiger partial charge on any atom is 0.141 e. The molecule has 2 aliphatic rings. The zero-order valence-corrected chi connectivity index (χ0v) is 50.6. The van der Waals surface area contributed by atoms with Crippen molar-refractivity contribution in [2.45, 2.75) is 51.4 Å². The maximum atomic E-state index is 13.8. The van der Waals surface area contributed by atoms with Crippen LogP contribution in [0.4, 0.5) is 22.7 Å². The lowest BCUT2D eigenvalue weighted by molar-refractivity contribution is -0.118. The summed E-state index contributed by atoms with van der Waals surface area (Å²) in [7, 11) is 0. The van der Waals surface area contributed by atoms with Gasteiger partial charge in [0.25, 0.3) is 0 Å². The smallest absolute Gasteiger partial charge is 0.141 e. The van der Waals surface area contributed by atoms with E-state index in [-0.39, 0.29) is 74.5 Å². The first-order valence-electron chi connectivity index (χ1n) is 30.7. The van der Waals surface area contributed by atoms with Gasteiger partial charge in [-0.05, 0) is 176 Å². The molecule has 92 heavy (non-hydrogen) atoms. The van der Waals surface area contributed by atoms with Gasteiger partial charge in [-0.25, -0.2) is 9.97 Å². The minimum absolute atomic E-state index is 0.0482. The molecular formula is C80H66N8O4. The van der Waals surface area contributed by atoms with Crippen LogP contribution in [-0.2, 0) is 70.5 Å². The number of carbonyl (C=O) groups excluding carboxylic acids is 4. The van der Waals surface area contributed by atoms with Crippen LogP contribution in [0.1, 0.15) is 67.3 Å². The molecule has 0 radical (unpaired) electrons. The number of hydrogen-bond acceptors (Lipinski definition) is 10. The molecule has 0 spiro atoms. The molecule has 0 saturated carbocycles. The zero-order chi connectivity index (χ0) is 63.2. The van der Waals surface area contributed by atoms with Crippen molar-refractivity contribution in [3.05, 3.63) is 292 Å². The molecule has 8 aromatic carbocycles. The number of fused-ring (bicyclic) bond motifs is 8. The molecule has 8 bridgehead atoms. The van der Waals surface area contributed by atoms with Gasteiger partial charge in [-0.2, -0.15) is 0 Å². The van der Waals surface area contributed by atoms with E-state index >= 15 is 0 Å². The van der Waals surface area contributed by atoms with Gasteiger partial charge in [-0.3, -0.25) is 19.2 Å². The van der Waals surface area contributed by atoms with Crippen molar-refractivity contribution in [1.82, 2.24) is 19.5 Å². The van der Waals surface area contributed by atoms with Crippen LogP contribution in [0, 0.1) is 0 Å². The first-order valence-corrected chi connectivity index (χ1v) is 30.7. The molecule has 5 heterocycles. The number of Topliss-reactive ketones (excluding diaryl/α,β-unsaturated/α-hetero) is 4. The second-order valence-electron chi connectivity index (χ2n) is 23.9. The van der Waals surface area contributed by atoms with Crippen LogP contribution in [0.15, 0.2) is 224 Å². The van der Waals surface area contributed by atoms with E-state index in [1.807, 2.05) is 194 Å².